The minimum absolute atomic E-state index is 0.813. The lowest BCUT2D eigenvalue weighted by molar-refractivity contribution is 0.241. The van der Waals surface area contributed by atoms with Crippen LogP contribution in [0.1, 0.15) is 16.8 Å². The zero-order valence-corrected chi connectivity index (χ0v) is 12.9. The smallest absolute Gasteiger partial charge is 0.159 e. The van der Waals surface area contributed by atoms with Crippen LogP contribution in [-0.4, -0.2) is 26.4 Å². The highest BCUT2D eigenvalue weighted by Gasteiger charge is 2.19. The number of aromatic nitrogens is 3. The maximum atomic E-state index is 4.81. The Kier molecular flexibility index (Phi) is 3.82. The van der Waals surface area contributed by atoms with Crippen molar-refractivity contribution in [1.82, 2.24) is 19.9 Å². The normalized spacial score (nSPS) is 14.4. The van der Waals surface area contributed by atoms with Gasteiger partial charge in [-0.3, -0.25) is 9.88 Å². The van der Waals surface area contributed by atoms with Crippen LogP contribution in [0.3, 0.4) is 0 Å². The zero-order valence-electron chi connectivity index (χ0n) is 12.9. The molecule has 23 heavy (non-hydrogen) atoms. The molecule has 1 aliphatic rings. The van der Waals surface area contributed by atoms with E-state index in [4.69, 9.17) is 4.98 Å². The summed E-state index contributed by atoms with van der Waals surface area (Å²) in [6, 6.07) is 14.3. The third-order valence-electron chi connectivity index (χ3n) is 4.19. The highest BCUT2D eigenvalue weighted by molar-refractivity contribution is 5.54. The van der Waals surface area contributed by atoms with Gasteiger partial charge in [-0.25, -0.2) is 9.97 Å². The molecular formula is C19H18N4. The van der Waals surface area contributed by atoms with Gasteiger partial charge in [0.05, 0.1) is 5.69 Å². The molecule has 0 radical (unpaired) electrons. The minimum Gasteiger partial charge on any atom is -0.293 e. The van der Waals surface area contributed by atoms with Gasteiger partial charge in [-0.05, 0) is 23.6 Å². The number of rotatable bonds is 3. The van der Waals surface area contributed by atoms with Crippen molar-refractivity contribution in [3.05, 3.63) is 77.9 Å². The monoisotopic (exact) mass is 302 g/mol. The van der Waals surface area contributed by atoms with Crippen molar-refractivity contribution in [1.29, 1.82) is 0 Å². The van der Waals surface area contributed by atoms with Crippen LogP contribution in [-0.2, 0) is 19.5 Å². The molecule has 2 aromatic heterocycles. The first-order chi connectivity index (χ1) is 11.4. The molecule has 0 unspecified atom stereocenters. The van der Waals surface area contributed by atoms with E-state index in [2.05, 4.69) is 33.1 Å². The predicted octanol–water partition coefficient (Wildman–Crippen LogP) is 3.10. The lowest BCUT2D eigenvalue weighted by Crippen LogP contribution is -2.31. The Morgan fingerprint density at radius 2 is 1.91 bits per heavy atom. The van der Waals surface area contributed by atoms with E-state index in [-0.39, 0.29) is 0 Å². The summed E-state index contributed by atoms with van der Waals surface area (Å²) in [4.78, 5) is 16.0. The average Bonchev–Trinajstić information content (AvgIpc) is 2.63. The van der Waals surface area contributed by atoms with Crippen LogP contribution in [0.2, 0.25) is 0 Å². The Morgan fingerprint density at radius 1 is 1.00 bits per heavy atom. The lowest BCUT2D eigenvalue weighted by atomic mass is 10.1. The van der Waals surface area contributed by atoms with Gasteiger partial charge >= 0.3 is 0 Å². The molecule has 4 nitrogen and oxygen atoms in total. The van der Waals surface area contributed by atoms with Crippen LogP contribution >= 0.6 is 0 Å². The fraction of sp³-hybridized carbons (Fsp3) is 0.211. The van der Waals surface area contributed by atoms with Gasteiger partial charge in [0.2, 0.25) is 0 Å². The van der Waals surface area contributed by atoms with Crippen LogP contribution in [0, 0.1) is 0 Å². The second-order valence-electron chi connectivity index (χ2n) is 5.85. The summed E-state index contributed by atoms with van der Waals surface area (Å²) in [5, 5.41) is 0. The Hall–Kier alpha value is -2.59. The molecule has 0 amide bonds. The lowest BCUT2D eigenvalue weighted by Gasteiger charge is -2.27. The van der Waals surface area contributed by atoms with E-state index in [1.54, 1.807) is 0 Å². The van der Waals surface area contributed by atoms with E-state index in [9.17, 15) is 0 Å². The molecule has 3 aromatic rings. The van der Waals surface area contributed by atoms with Gasteiger partial charge in [0.25, 0.3) is 0 Å². The van der Waals surface area contributed by atoms with Crippen LogP contribution in [0.25, 0.3) is 11.4 Å². The molecular weight excluding hydrogens is 284 g/mol. The van der Waals surface area contributed by atoms with Crippen molar-refractivity contribution < 1.29 is 0 Å². The molecule has 1 aromatic carbocycles. The third-order valence-corrected chi connectivity index (χ3v) is 4.19. The maximum absolute atomic E-state index is 4.81. The number of benzene rings is 1. The van der Waals surface area contributed by atoms with Gasteiger partial charge < -0.3 is 0 Å². The highest BCUT2D eigenvalue weighted by Crippen LogP contribution is 2.21. The summed E-state index contributed by atoms with van der Waals surface area (Å²) in [5.41, 5.74) is 4.73. The van der Waals surface area contributed by atoms with Crippen LogP contribution < -0.4 is 0 Å². The summed E-state index contributed by atoms with van der Waals surface area (Å²) < 4.78 is 0. The van der Waals surface area contributed by atoms with Gasteiger partial charge in [-0.1, -0.05) is 36.4 Å². The topological polar surface area (TPSA) is 41.9 Å². The number of hydrogen-bond donors (Lipinski definition) is 0. The standard InChI is InChI=1S/C19H18N4/c1-2-6-16(7-3-1)19-21-12-17-8-10-23(14-18(17)22-19)13-15-5-4-9-20-11-15/h1-7,9,11-12H,8,10,13-14H2. The predicted molar refractivity (Wildman–Crippen MR) is 89.5 cm³/mol. The molecule has 0 saturated heterocycles. The maximum Gasteiger partial charge on any atom is 0.159 e. The largest absolute Gasteiger partial charge is 0.293 e. The fourth-order valence-corrected chi connectivity index (χ4v) is 2.97. The van der Waals surface area contributed by atoms with Crippen molar-refractivity contribution in [3.63, 3.8) is 0 Å². The Bertz CT molecular complexity index is 787. The quantitative estimate of drug-likeness (QED) is 0.745. The van der Waals surface area contributed by atoms with E-state index < -0.39 is 0 Å². The second kappa shape index (κ2) is 6.26. The van der Waals surface area contributed by atoms with Gasteiger partial charge in [-0.15, -0.1) is 0 Å². The first kappa shape index (κ1) is 14.0. The first-order valence-corrected chi connectivity index (χ1v) is 7.90. The zero-order chi connectivity index (χ0) is 15.5. The van der Waals surface area contributed by atoms with Crippen molar-refractivity contribution in [2.45, 2.75) is 19.5 Å². The number of hydrogen-bond acceptors (Lipinski definition) is 4. The SMILES string of the molecule is c1ccc(-c2ncc3c(n2)CN(Cc2cccnc2)CC3)cc1. The molecule has 0 N–H and O–H groups in total. The number of fused-ring (bicyclic) bond motifs is 1. The number of nitrogens with zero attached hydrogens (tertiary/aromatic N) is 4. The molecule has 4 rings (SSSR count). The summed E-state index contributed by atoms with van der Waals surface area (Å²) in [7, 11) is 0. The van der Waals surface area contributed by atoms with E-state index in [1.807, 2.05) is 42.9 Å². The molecule has 0 spiro atoms. The van der Waals surface area contributed by atoms with Crippen LogP contribution in [0.4, 0.5) is 0 Å². The van der Waals surface area contributed by atoms with Gasteiger partial charge in [0.15, 0.2) is 5.82 Å². The van der Waals surface area contributed by atoms with Crippen molar-refractivity contribution in [2.75, 3.05) is 6.54 Å². The molecule has 4 heteroatoms. The van der Waals surface area contributed by atoms with Crippen LogP contribution in [0.15, 0.2) is 61.1 Å². The average molecular weight is 302 g/mol. The second-order valence-corrected chi connectivity index (χ2v) is 5.85. The molecule has 0 bridgehead atoms. The van der Waals surface area contributed by atoms with E-state index in [1.165, 1.54) is 11.1 Å². The highest BCUT2D eigenvalue weighted by atomic mass is 15.1. The first-order valence-electron chi connectivity index (χ1n) is 7.90. The van der Waals surface area contributed by atoms with Gasteiger partial charge in [-0.2, -0.15) is 0 Å². The van der Waals surface area contributed by atoms with Crippen LogP contribution in [0.5, 0.6) is 0 Å². The van der Waals surface area contributed by atoms with Crippen molar-refractivity contribution in [2.24, 2.45) is 0 Å². The fourth-order valence-electron chi connectivity index (χ4n) is 2.97. The number of pyridine rings is 1. The molecule has 114 valence electrons. The third kappa shape index (κ3) is 3.12. The van der Waals surface area contributed by atoms with Gasteiger partial charge in [0, 0.05) is 43.8 Å². The Balaban J connectivity index is 1.56. The molecule has 0 saturated carbocycles. The molecule has 0 fully saturated rings. The van der Waals surface area contributed by atoms with Crippen molar-refractivity contribution in [3.8, 4) is 11.4 Å². The van der Waals surface area contributed by atoms with Gasteiger partial charge in [0.1, 0.15) is 0 Å². The summed E-state index contributed by atoms with van der Waals surface area (Å²) in [6.45, 7) is 2.82. The summed E-state index contributed by atoms with van der Waals surface area (Å²) in [6.07, 6.45) is 6.75. The molecule has 1 aliphatic heterocycles. The summed E-state index contributed by atoms with van der Waals surface area (Å²) in [5.74, 6) is 0.813. The molecule has 3 heterocycles. The van der Waals surface area contributed by atoms with E-state index >= 15 is 0 Å². The van der Waals surface area contributed by atoms with E-state index in [0.717, 1.165) is 43.1 Å². The summed E-state index contributed by atoms with van der Waals surface area (Å²) >= 11 is 0. The van der Waals surface area contributed by atoms with E-state index in [0.29, 0.717) is 0 Å². The Labute approximate surface area is 135 Å². The van der Waals surface area contributed by atoms with Crippen molar-refractivity contribution >= 4 is 0 Å². The molecule has 0 aliphatic carbocycles. The minimum atomic E-state index is 0.813. The molecule has 0 atom stereocenters. The Morgan fingerprint density at radius 3 is 2.74 bits per heavy atom.